The lowest BCUT2D eigenvalue weighted by Gasteiger charge is -2.38. The number of hydrogen-bond donors (Lipinski definition) is 4. The molecule has 0 radical (unpaired) electrons. The molecule has 232 valence electrons. The largest absolute Gasteiger partial charge is 0.443 e. The van der Waals surface area contributed by atoms with Gasteiger partial charge >= 0.3 is 0 Å². The van der Waals surface area contributed by atoms with Gasteiger partial charge in [0.25, 0.3) is 5.79 Å². The van der Waals surface area contributed by atoms with Crippen molar-refractivity contribution in [2.24, 2.45) is 0 Å². The number of hydrogen-bond acceptors (Lipinski definition) is 10. The van der Waals surface area contributed by atoms with E-state index in [4.69, 9.17) is 30.5 Å². The quantitative estimate of drug-likeness (QED) is 0.406. The Morgan fingerprint density at radius 3 is 2.36 bits per heavy atom. The van der Waals surface area contributed by atoms with E-state index in [2.05, 4.69) is 22.4 Å². The van der Waals surface area contributed by atoms with Crippen LogP contribution < -0.4 is 14.8 Å². The SMILES string of the molecule is C1CCC1.CO[C@@H]1O[C@H](C(C)=O)[C@@H](O)[C@H](O)[C@H]1O.C[C@]1(c2ccc(Cl)cn2)Oc2cccc(C3CCCNCC3)c2O1. The van der Waals surface area contributed by atoms with Crippen LogP contribution in [0.3, 0.4) is 0 Å². The number of aliphatic hydroxyl groups excluding tert-OH is 3. The predicted molar refractivity (Wildman–Crippen MR) is 157 cm³/mol. The number of rotatable bonds is 4. The van der Waals surface area contributed by atoms with Crippen molar-refractivity contribution in [1.29, 1.82) is 0 Å². The fraction of sp³-hybridized carbons (Fsp3) is 0.613. The normalized spacial score (nSPS) is 31.8. The second kappa shape index (κ2) is 14.9. The molecule has 3 aliphatic heterocycles. The van der Waals surface area contributed by atoms with Crippen LogP contribution in [-0.2, 0) is 20.1 Å². The summed E-state index contributed by atoms with van der Waals surface area (Å²) in [6.45, 7) is 5.27. The highest BCUT2D eigenvalue weighted by Crippen LogP contribution is 2.48. The minimum atomic E-state index is -1.44. The van der Waals surface area contributed by atoms with Gasteiger partial charge in [0.1, 0.15) is 30.1 Å². The number of carbonyl (C=O) groups is 1. The number of methoxy groups -OCH3 is 1. The summed E-state index contributed by atoms with van der Waals surface area (Å²) in [6.07, 6.45) is 4.63. The highest BCUT2D eigenvalue weighted by molar-refractivity contribution is 6.30. The Morgan fingerprint density at radius 2 is 1.74 bits per heavy atom. The third-order valence-corrected chi connectivity index (χ3v) is 8.25. The molecule has 0 spiro atoms. The lowest BCUT2D eigenvalue weighted by Crippen LogP contribution is -2.59. The van der Waals surface area contributed by atoms with E-state index in [9.17, 15) is 20.1 Å². The number of nitrogens with zero attached hydrogens (tertiary/aromatic N) is 1. The molecule has 7 atom stereocenters. The van der Waals surface area contributed by atoms with Gasteiger partial charge in [0.05, 0.1) is 5.02 Å². The Labute approximate surface area is 252 Å². The first-order valence-corrected chi connectivity index (χ1v) is 15.1. The van der Waals surface area contributed by atoms with Crippen LogP contribution >= 0.6 is 11.6 Å². The Morgan fingerprint density at radius 1 is 1.00 bits per heavy atom. The number of ketones is 1. The Balaban J connectivity index is 0.000000189. The third kappa shape index (κ3) is 7.79. The smallest absolute Gasteiger partial charge is 0.292 e. The molecule has 2 aromatic rings. The monoisotopic (exact) mass is 606 g/mol. The number of benzene rings is 1. The molecular weight excluding hydrogens is 564 g/mol. The van der Waals surface area contributed by atoms with Crippen molar-refractivity contribution in [2.75, 3.05) is 20.2 Å². The molecule has 1 aromatic carbocycles. The summed E-state index contributed by atoms with van der Waals surface area (Å²) in [7, 11) is 1.27. The lowest BCUT2D eigenvalue weighted by molar-refractivity contribution is -0.282. The molecule has 4 aliphatic rings. The number of halogens is 1. The van der Waals surface area contributed by atoms with Crippen molar-refractivity contribution in [2.45, 2.75) is 101 Å². The molecule has 10 nitrogen and oxygen atoms in total. The summed E-state index contributed by atoms with van der Waals surface area (Å²) < 4.78 is 22.1. The number of aromatic nitrogens is 1. The van der Waals surface area contributed by atoms with E-state index in [0.717, 1.165) is 36.7 Å². The fourth-order valence-corrected chi connectivity index (χ4v) is 5.29. The van der Waals surface area contributed by atoms with E-state index in [-0.39, 0.29) is 0 Å². The number of ether oxygens (including phenoxy) is 4. The molecule has 4 N–H and O–H groups in total. The minimum Gasteiger partial charge on any atom is -0.443 e. The summed E-state index contributed by atoms with van der Waals surface area (Å²) >= 11 is 5.95. The molecule has 0 amide bonds. The van der Waals surface area contributed by atoms with Crippen LogP contribution in [0.15, 0.2) is 36.5 Å². The third-order valence-electron chi connectivity index (χ3n) is 8.02. The van der Waals surface area contributed by atoms with E-state index < -0.39 is 42.3 Å². The van der Waals surface area contributed by atoms with Crippen molar-refractivity contribution < 1.29 is 39.1 Å². The molecule has 6 rings (SSSR count). The highest BCUT2D eigenvalue weighted by atomic mass is 35.5. The Kier molecular flexibility index (Phi) is 11.6. The number of carbonyl (C=O) groups excluding carboxylic acids is 1. The Hall–Kier alpha value is -2.31. The van der Waals surface area contributed by atoms with Gasteiger partial charge in [-0.3, -0.25) is 9.78 Å². The molecule has 11 heteroatoms. The Bertz CT molecular complexity index is 1150. The zero-order chi connectivity index (χ0) is 30.3. The van der Waals surface area contributed by atoms with Crippen LogP contribution in [0.5, 0.6) is 11.5 Å². The van der Waals surface area contributed by atoms with Crippen LogP contribution in [0.2, 0.25) is 5.02 Å². The van der Waals surface area contributed by atoms with Gasteiger partial charge in [0, 0.05) is 25.8 Å². The van der Waals surface area contributed by atoms with Gasteiger partial charge in [-0.15, -0.1) is 0 Å². The molecule has 1 unspecified atom stereocenters. The summed E-state index contributed by atoms with van der Waals surface area (Å²) in [4.78, 5) is 15.4. The molecule has 1 aliphatic carbocycles. The second-order valence-electron chi connectivity index (χ2n) is 11.2. The maximum Gasteiger partial charge on any atom is 0.292 e. The molecule has 3 fully saturated rings. The van der Waals surface area contributed by atoms with Crippen molar-refractivity contribution in [3.63, 3.8) is 0 Å². The molecule has 0 bridgehead atoms. The number of aliphatic hydroxyl groups is 3. The first-order chi connectivity index (χ1) is 20.1. The molecule has 1 saturated carbocycles. The molecule has 42 heavy (non-hydrogen) atoms. The number of para-hydroxylation sites is 1. The van der Waals surface area contributed by atoms with Crippen LogP contribution in [0, 0.1) is 0 Å². The van der Waals surface area contributed by atoms with E-state index >= 15 is 0 Å². The summed E-state index contributed by atoms with van der Waals surface area (Å²) in [5, 5.41) is 32.1. The van der Waals surface area contributed by atoms with E-state index in [1.54, 1.807) is 6.20 Å². The van der Waals surface area contributed by atoms with Crippen molar-refractivity contribution in [1.82, 2.24) is 10.3 Å². The van der Waals surface area contributed by atoms with Crippen LogP contribution in [0.4, 0.5) is 0 Å². The summed E-state index contributed by atoms with van der Waals surface area (Å²) in [6, 6.07) is 9.84. The maximum absolute atomic E-state index is 11.0. The zero-order valence-electron chi connectivity index (χ0n) is 24.5. The molecular formula is C31H43ClN2O8. The van der Waals surface area contributed by atoms with Gasteiger partial charge in [0.15, 0.2) is 23.6 Å². The van der Waals surface area contributed by atoms with E-state index in [1.165, 1.54) is 58.1 Å². The van der Waals surface area contributed by atoms with E-state index in [1.807, 2.05) is 25.1 Å². The van der Waals surface area contributed by atoms with Gasteiger partial charge in [-0.1, -0.05) is 49.4 Å². The lowest BCUT2D eigenvalue weighted by atomic mass is 9.91. The van der Waals surface area contributed by atoms with Gasteiger partial charge in [-0.2, -0.15) is 0 Å². The topological polar surface area (TPSA) is 140 Å². The molecule has 2 saturated heterocycles. The van der Waals surface area contributed by atoms with E-state index in [0.29, 0.717) is 10.9 Å². The number of nitrogens with one attached hydrogen (secondary N) is 1. The first-order valence-electron chi connectivity index (χ1n) is 14.7. The van der Waals surface area contributed by atoms with Crippen molar-refractivity contribution >= 4 is 17.4 Å². The molecule has 4 heterocycles. The number of Topliss-reactive ketones (excluding diaryl/α,β-unsaturated/α-hetero) is 1. The summed E-state index contributed by atoms with van der Waals surface area (Å²) in [5.74, 6) is 0.823. The van der Waals surface area contributed by atoms with Gasteiger partial charge in [-0.25, -0.2) is 0 Å². The standard InChI is InChI=1S/C19H21ClN2O2.C8H14O6.C4H8/c1-19(17-8-7-14(20)12-22-17)23-16-6-2-5-15(18(16)24-19)13-4-3-10-21-11-9-13;1-3(9)7-5(11)4(10)6(12)8(13-2)14-7;1-2-4-3-1/h2,5-8,12-13,21H,3-4,9-11H2,1H3;4-8,10-12H,1-2H3;1-4H2/t13?,19-;4-,5-,6+,7+,8+;/m00./s1. The van der Waals surface area contributed by atoms with Crippen molar-refractivity contribution in [3.05, 3.63) is 52.8 Å². The number of fused-ring (bicyclic) bond motifs is 1. The zero-order valence-corrected chi connectivity index (χ0v) is 25.3. The van der Waals surface area contributed by atoms with Gasteiger partial charge < -0.3 is 39.6 Å². The van der Waals surface area contributed by atoms with Gasteiger partial charge in [0.2, 0.25) is 0 Å². The minimum absolute atomic E-state index is 0.425. The average molecular weight is 607 g/mol. The number of pyridine rings is 1. The fourth-order valence-electron chi connectivity index (χ4n) is 5.18. The first kappa shape index (κ1) is 32.6. The van der Waals surface area contributed by atoms with Gasteiger partial charge in [-0.05, 0) is 63.4 Å². The van der Waals surface area contributed by atoms with Crippen LogP contribution in [0.1, 0.15) is 76.0 Å². The second-order valence-corrected chi connectivity index (χ2v) is 11.7. The molecule has 1 aromatic heterocycles. The van der Waals surface area contributed by atoms with Crippen LogP contribution in [-0.4, -0.2) is 77.0 Å². The van der Waals surface area contributed by atoms with Crippen molar-refractivity contribution in [3.8, 4) is 11.5 Å². The van der Waals surface area contributed by atoms with Crippen LogP contribution in [0.25, 0.3) is 0 Å². The maximum atomic E-state index is 11.0. The average Bonchev–Trinajstić information content (AvgIpc) is 3.09. The highest BCUT2D eigenvalue weighted by Gasteiger charge is 2.45. The predicted octanol–water partition coefficient (Wildman–Crippen LogP) is 3.83. The summed E-state index contributed by atoms with van der Waals surface area (Å²) in [5.41, 5.74) is 1.96.